The average molecular weight is 311 g/mol. The van der Waals surface area contributed by atoms with Crippen LogP contribution in [0.15, 0.2) is 48.5 Å². The third-order valence-electron chi connectivity index (χ3n) is 4.07. The lowest BCUT2D eigenvalue weighted by atomic mass is 10.1. The van der Waals surface area contributed by atoms with Gasteiger partial charge in [-0.2, -0.15) is 0 Å². The van der Waals surface area contributed by atoms with Crippen molar-refractivity contribution in [2.45, 2.75) is 19.4 Å². The maximum absolute atomic E-state index is 12.4. The number of rotatable bonds is 4. The third kappa shape index (κ3) is 3.65. The fourth-order valence-electron chi connectivity index (χ4n) is 2.67. The molecule has 120 valence electrons. The van der Waals surface area contributed by atoms with Crippen LogP contribution in [0.25, 0.3) is 0 Å². The molecule has 4 nitrogen and oxygen atoms in total. The number of para-hydroxylation sites is 2. The van der Waals surface area contributed by atoms with Crippen LogP contribution in [0.3, 0.4) is 0 Å². The van der Waals surface area contributed by atoms with E-state index in [9.17, 15) is 4.79 Å². The summed E-state index contributed by atoms with van der Waals surface area (Å²) in [6, 6.07) is 15.6. The van der Waals surface area contributed by atoms with Gasteiger partial charge in [0.25, 0.3) is 0 Å². The molecule has 1 heterocycles. The molecule has 0 spiro atoms. The summed E-state index contributed by atoms with van der Waals surface area (Å²) in [7, 11) is 1.81. The van der Waals surface area contributed by atoms with Gasteiger partial charge in [0.05, 0.1) is 13.0 Å². The lowest BCUT2D eigenvalue weighted by Crippen LogP contribution is -2.42. The molecule has 1 aliphatic rings. The summed E-state index contributed by atoms with van der Waals surface area (Å²) in [4.78, 5) is 14.1. The van der Waals surface area contributed by atoms with Crippen molar-refractivity contribution in [2.24, 2.45) is 0 Å². The van der Waals surface area contributed by atoms with Crippen molar-refractivity contribution in [2.75, 3.05) is 20.2 Å². The van der Waals surface area contributed by atoms with E-state index in [2.05, 4.69) is 0 Å². The van der Waals surface area contributed by atoms with Gasteiger partial charge in [0.2, 0.25) is 5.91 Å². The molecular formula is C19H21NO3. The van der Waals surface area contributed by atoms with Gasteiger partial charge in [0.15, 0.2) is 17.6 Å². The van der Waals surface area contributed by atoms with Gasteiger partial charge in [-0.1, -0.05) is 36.4 Å². The molecule has 0 saturated carbocycles. The molecule has 1 atom stereocenters. The minimum absolute atomic E-state index is 0.0850. The first-order valence-corrected chi connectivity index (χ1v) is 7.80. The highest BCUT2D eigenvalue weighted by molar-refractivity contribution is 5.78. The number of aryl methyl sites for hydroxylation is 1. The van der Waals surface area contributed by atoms with Crippen molar-refractivity contribution in [3.63, 3.8) is 0 Å². The normalized spacial score (nSPS) is 16.0. The van der Waals surface area contributed by atoms with E-state index in [4.69, 9.17) is 9.47 Å². The molecule has 0 N–H and O–H groups in total. The van der Waals surface area contributed by atoms with Crippen LogP contribution in [0.4, 0.5) is 0 Å². The minimum Gasteiger partial charge on any atom is -0.486 e. The Hall–Kier alpha value is -2.49. The molecule has 2 aromatic carbocycles. The van der Waals surface area contributed by atoms with Gasteiger partial charge in [0, 0.05) is 7.05 Å². The van der Waals surface area contributed by atoms with Crippen molar-refractivity contribution < 1.29 is 14.3 Å². The van der Waals surface area contributed by atoms with Crippen molar-refractivity contribution in [3.05, 3.63) is 59.7 Å². The maximum Gasteiger partial charge on any atom is 0.226 e. The quantitative estimate of drug-likeness (QED) is 0.871. The van der Waals surface area contributed by atoms with Gasteiger partial charge < -0.3 is 14.4 Å². The Morgan fingerprint density at radius 1 is 1.13 bits per heavy atom. The van der Waals surface area contributed by atoms with Crippen LogP contribution in [-0.4, -0.2) is 37.1 Å². The number of likely N-dealkylation sites (N-methyl/N-ethyl adjacent to an activating group) is 1. The highest BCUT2D eigenvalue weighted by Crippen LogP contribution is 2.30. The van der Waals surface area contributed by atoms with E-state index in [-0.39, 0.29) is 12.0 Å². The number of fused-ring (bicyclic) bond motifs is 1. The Labute approximate surface area is 136 Å². The average Bonchev–Trinajstić information content (AvgIpc) is 2.56. The first-order chi connectivity index (χ1) is 11.1. The van der Waals surface area contributed by atoms with Crippen LogP contribution in [-0.2, 0) is 11.2 Å². The molecule has 0 aromatic heterocycles. The number of ether oxygens (including phenoxy) is 2. The number of carbonyl (C=O) groups is 1. The van der Waals surface area contributed by atoms with Crippen molar-refractivity contribution >= 4 is 5.91 Å². The largest absolute Gasteiger partial charge is 0.486 e. The zero-order valence-electron chi connectivity index (χ0n) is 13.5. The molecule has 4 heteroatoms. The zero-order valence-corrected chi connectivity index (χ0v) is 13.5. The number of nitrogens with zero attached hydrogens (tertiary/aromatic N) is 1. The summed E-state index contributed by atoms with van der Waals surface area (Å²) in [5.74, 6) is 1.59. The van der Waals surface area contributed by atoms with Gasteiger partial charge in [-0.3, -0.25) is 4.79 Å². The van der Waals surface area contributed by atoms with E-state index in [0.29, 0.717) is 19.6 Å². The molecular weight excluding hydrogens is 290 g/mol. The van der Waals surface area contributed by atoms with Crippen LogP contribution in [0.5, 0.6) is 11.5 Å². The van der Waals surface area contributed by atoms with Crippen LogP contribution in [0.1, 0.15) is 11.1 Å². The Morgan fingerprint density at radius 2 is 1.83 bits per heavy atom. The number of benzene rings is 2. The Morgan fingerprint density at radius 3 is 2.61 bits per heavy atom. The topological polar surface area (TPSA) is 38.8 Å². The minimum atomic E-state index is -0.143. The SMILES string of the molecule is Cc1ccccc1CC(=O)N(C)C[C@H]1COc2ccccc2O1. The first-order valence-electron chi connectivity index (χ1n) is 7.80. The summed E-state index contributed by atoms with van der Waals surface area (Å²) in [6.07, 6.45) is 0.267. The van der Waals surface area contributed by atoms with Crippen LogP contribution >= 0.6 is 0 Å². The predicted molar refractivity (Wildman–Crippen MR) is 88.9 cm³/mol. The second kappa shape index (κ2) is 6.73. The Kier molecular flexibility index (Phi) is 4.51. The standard InChI is InChI=1S/C19H21NO3/c1-14-7-3-4-8-15(14)11-19(21)20(2)12-16-13-22-17-9-5-6-10-18(17)23-16/h3-10,16H,11-13H2,1-2H3/t16-/m0/s1. The molecule has 23 heavy (non-hydrogen) atoms. The predicted octanol–water partition coefficient (Wildman–Crippen LogP) is 2.84. The fourth-order valence-corrected chi connectivity index (χ4v) is 2.67. The fraction of sp³-hybridized carbons (Fsp3) is 0.316. The van der Waals surface area contributed by atoms with E-state index >= 15 is 0 Å². The molecule has 0 saturated heterocycles. The second-order valence-corrected chi connectivity index (χ2v) is 5.88. The molecule has 1 aliphatic heterocycles. The molecule has 2 aromatic rings. The highest BCUT2D eigenvalue weighted by Gasteiger charge is 2.23. The zero-order chi connectivity index (χ0) is 16.2. The number of hydrogen-bond acceptors (Lipinski definition) is 3. The lowest BCUT2D eigenvalue weighted by Gasteiger charge is -2.29. The number of amides is 1. The van der Waals surface area contributed by atoms with Crippen LogP contribution in [0.2, 0.25) is 0 Å². The Bertz CT molecular complexity index is 699. The van der Waals surface area contributed by atoms with E-state index in [1.807, 2.05) is 62.5 Å². The maximum atomic E-state index is 12.4. The van der Waals surface area contributed by atoms with Crippen molar-refractivity contribution in [1.29, 1.82) is 0 Å². The summed E-state index contributed by atoms with van der Waals surface area (Å²) in [6.45, 7) is 3.00. The van der Waals surface area contributed by atoms with Gasteiger partial charge >= 0.3 is 0 Å². The third-order valence-corrected chi connectivity index (χ3v) is 4.07. The summed E-state index contributed by atoms with van der Waals surface area (Å²) in [5.41, 5.74) is 2.20. The van der Waals surface area contributed by atoms with E-state index < -0.39 is 0 Å². The number of carbonyl (C=O) groups excluding carboxylic acids is 1. The lowest BCUT2D eigenvalue weighted by molar-refractivity contribution is -0.130. The van der Waals surface area contributed by atoms with Crippen molar-refractivity contribution in [3.8, 4) is 11.5 Å². The summed E-state index contributed by atoms with van der Waals surface area (Å²) in [5, 5.41) is 0. The summed E-state index contributed by atoms with van der Waals surface area (Å²) >= 11 is 0. The van der Waals surface area contributed by atoms with E-state index in [1.54, 1.807) is 4.90 Å². The van der Waals surface area contributed by atoms with E-state index in [0.717, 1.165) is 22.6 Å². The van der Waals surface area contributed by atoms with Gasteiger partial charge in [-0.25, -0.2) is 0 Å². The van der Waals surface area contributed by atoms with Crippen LogP contribution in [0, 0.1) is 6.92 Å². The van der Waals surface area contributed by atoms with Gasteiger partial charge in [-0.15, -0.1) is 0 Å². The first kappa shape index (κ1) is 15.4. The molecule has 0 bridgehead atoms. The highest BCUT2D eigenvalue weighted by atomic mass is 16.6. The van der Waals surface area contributed by atoms with E-state index in [1.165, 1.54) is 0 Å². The Balaban J connectivity index is 1.58. The second-order valence-electron chi connectivity index (χ2n) is 5.88. The monoisotopic (exact) mass is 311 g/mol. The van der Waals surface area contributed by atoms with Crippen LogP contribution < -0.4 is 9.47 Å². The molecule has 0 aliphatic carbocycles. The molecule has 0 unspecified atom stereocenters. The molecule has 3 rings (SSSR count). The van der Waals surface area contributed by atoms with Gasteiger partial charge in [-0.05, 0) is 30.2 Å². The van der Waals surface area contributed by atoms with Gasteiger partial charge in [0.1, 0.15) is 6.61 Å². The van der Waals surface area contributed by atoms with Crippen molar-refractivity contribution in [1.82, 2.24) is 4.90 Å². The smallest absolute Gasteiger partial charge is 0.226 e. The molecule has 1 amide bonds. The summed E-state index contributed by atoms with van der Waals surface area (Å²) < 4.78 is 11.6. The molecule has 0 radical (unpaired) electrons. The molecule has 0 fully saturated rings. The number of hydrogen-bond donors (Lipinski definition) is 0.